The second-order valence-electron chi connectivity index (χ2n) is 2.97. The van der Waals surface area contributed by atoms with Gasteiger partial charge in [0.25, 0.3) is 0 Å². The number of rotatable bonds is 3. The van der Waals surface area contributed by atoms with Crippen LogP contribution >= 0.6 is 0 Å². The zero-order valence-electron chi connectivity index (χ0n) is 8.51. The lowest BCUT2D eigenvalue weighted by Gasteiger charge is -2.01. The minimum absolute atomic E-state index is 0.0697. The van der Waals surface area contributed by atoms with Gasteiger partial charge in [0.05, 0.1) is 5.71 Å². The Morgan fingerprint density at radius 3 is 2.27 bits per heavy atom. The van der Waals surface area contributed by atoms with Crippen LogP contribution in [0.15, 0.2) is 34.5 Å². The average Bonchev–Trinajstić information content (AvgIpc) is 2.21. The molecule has 0 aliphatic carbocycles. The van der Waals surface area contributed by atoms with E-state index in [-0.39, 0.29) is 11.7 Å². The molecule has 1 aromatic rings. The molecule has 0 aliphatic rings. The molecule has 80 valence electrons. The van der Waals surface area contributed by atoms with Crippen LogP contribution in [-0.2, 0) is 0 Å². The summed E-state index contributed by atoms with van der Waals surface area (Å²) in [5.74, 6) is 0.149. The highest BCUT2D eigenvalue weighted by molar-refractivity contribution is 6.00. The summed E-state index contributed by atoms with van der Waals surface area (Å²) in [4.78, 5) is 0. The molecule has 1 aromatic carbocycles. The maximum Gasteiger partial charge on any atom is 0.211 e. The van der Waals surface area contributed by atoms with E-state index >= 15 is 0 Å². The summed E-state index contributed by atoms with van der Waals surface area (Å²) in [6.45, 7) is 1.95. The van der Waals surface area contributed by atoms with E-state index in [4.69, 9.17) is 16.6 Å². The van der Waals surface area contributed by atoms with E-state index in [2.05, 4.69) is 10.2 Å². The van der Waals surface area contributed by atoms with E-state index in [0.717, 1.165) is 11.3 Å². The molecule has 0 aromatic heterocycles. The van der Waals surface area contributed by atoms with Gasteiger partial charge in [0.2, 0.25) is 5.96 Å². The van der Waals surface area contributed by atoms with Crippen LogP contribution in [0.5, 0.6) is 5.75 Å². The smallest absolute Gasteiger partial charge is 0.211 e. The molecule has 5 N–H and O–H groups in total. The van der Waals surface area contributed by atoms with Crippen LogP contribution in [0.1, 0.15) is 18.9 Å². The Labute approximate surface area is 88.1 Å². The van der Waals surface area contributed by atoms with Gasteiger partial charge in [-0.1, -0.05) is 6.92 Å². The molecule has 0 aliphatic heterocycles. The van der Waals surface area contributed by atoms with Crippen LogP contribution in [0.3, 0.4) is 0 Å². The van der Waals surface area contributed by atoms with Gasteiger partial charge < -0.3 is 16.6 Å². The number of benzene rings is 1. The number of phenolic OH excluding ortho intramolecular Hbond substituents is 1. The summed E-state index contributed by atoms with van der Waals surface area (Å²) in [6.07, 6.45) is 0.710. The lowest BCUT2D eigenvalue weighted by molar-refractivity contribution is 0.475. The Kier molecular flexibility index (Phi) is 3.68. The predicted molar refractivity (Wildman–Crippen MR) is 60.7 cm³/mol. The SMILES string of the molecule is CC/C(=N/N=C(N)N)c1ccc(O)cc1. The summed E-state index contributed by atoms with van der Waals surface area (Å²) in [6, 6.07) is 6.71. The number of hydrogen-bond acceptors (Lipinski definition) is 3. The van der Waals surface area contributed by atoms with Gasteiger partial charge in [-0.3, -0.25) is 0 Å². The van der Waals surface area contributed by atoms with Crippen molar-refractivity contribution in [2.45, 2.75) is 13.3 Å². The number of guanidine groups is 1. The lowest BCUT2D eigenvalue weighted by atomic mass is 10.1. The first-order valence-corrected chi connectivity index (χ1v) is 4.58. The molecule has 0 unspecified atom stereocenters. The molecule has 0 saturated carbocycles. The fourth-order valence-corrected chi connectivity index (χ4v) is 1.10. The summed E-state index contributed by atoms with van der Waals surface area (Å²) >= 11 is 0. The number of nitrogens with two attached hydrogens (primary N) is 2. The zero-order chi connectivity index (χ0) is 11.3. The third-order valence-electron chi connectivity index (χ3n) is 1.82. The fourth-order valence-electron chi connectivity index (χ4n) is 1.10. The number of nitrogens with zero attached hydrogens (tertiary/aromatic N) is 2. The molecule has 5 heteroatoms. The molecule has 0 fully saturated rings. The maximum absolute atomic E-state index is 9.12. The Hall–Kier alpha value is -2.04. The van der Waals surface area contributed by atoms with Gasteiger partial charge in [-0.2, -0.15) is 5.10 Å². The van der Waals surface area contributed by atoms with Crippen molar-refractivity contribution in [1.29, 1.82) is 0 Å². The third kappa shape index (κ3) is 3.30. The standard InChI is InChI=1S/C10H14N4O/c1-2-9(13-14-10(11)12)7-3-5-8(15)6-4-7/h3-6,15H,2H2,1H3,(H4,11,12,14)/b13-9-. The van der Waals surface area contributed by atoms with Crippen molar-refractivity contribution in [1.82, 2.24) is 0 Å². The molecule has 5 nitrogen and oxygen atoms in total. The van der Waals surface area contributed by atoms with Crippen LogP contribution in [0, 0.1) is 0 Å². The van der Waals surface area contributed by atoms with Crippen LogP contribution < -0.4 is 11.5 Å². The van der Waals surface area contributed by atoms with E-state index < -0.39 is 0 Å². The second-order valence-corrected chi connectivity index (χ2v) is 2.97. The Bertz CT molecular complexity index is 377. The molecule has 0 amide bonds. The Morgan fingerprint density at radius 1 is 1.20 bits per heavy atom. The molecule has 0 heterocycles. The van der Waals surface area contributed by atoms with Gasteiger partial charge in [0.1, 0.15) is 5.75 Å². The van der Waals surface area contributed by atoms with Crippen molar-refractivity contribution in [2.75, 3.05) is 0 Å². The van der Waals surface area contributed by atoms with Gasteiger partial charge in [0, 0.05) is 0 Å². The van der Waals surface area contributed by atoms with Crippen molar-refractivity contribution in [2.24, 2.45) is 21.7 Å². The minimum Gasteiger partial charge on any atom is -0.508 e. The molecular formula is C10H14N4O. The van der Waals surface area contributed by atoms with Gasteiger partial charge in [-0.05, 0) is 36.2 Å². The van der Waals surface area contributed by atoms with Gasteiger partial charge in [0.15, 0.2) is 0 Å². The first-order chi connectivity index (χ1) is 7.13. The van der Waals surface area contributed by atoms with E-state index in [1.54, 1.807) is 24.3 Å². The topological polar surface area (TPSA) is 97.0 Å². The monoisotopic (exact) mass is 206 g/mol. The summed E-state index contributed by atoms with van der Waals surface area (Å²) in [7, 11) is 0. The average molecular weight is 206 g/mol. The number of aromatic hydroxyl groups is 1. The number of phenols is 1. The van der Waals surface area contributed by atoms with Crippen molar-refractivity contribution >= 4 is 11.7 Å². The van der Waals surface area contributed by atoms with Gasteiger partial charge >= 0.3 is 0 Å². The largest absolute Gasteiger partial charge is 0.508 e. The first kappa shape index (κ1) is 11.0. The molecular weight excluding hydrogens is 192 g/mol. The highest BCUT2D eigenvalue weighted by atomic mass is 16.3. The summed E-state index contributed by atoms with van der Waals surface area (Å²) in [5.41, 5.74) is 12.0. The Morgan fingerprint density at radius 2 is 1.80 bits per heavy atom. The number of hydrogen-bond donors (Lipinski definition) is 3. The molecule has 15 heavy (non-hydrogen) atoms. The highest BCUT2D eigenvalue weighted by Gasteiger charge is 2.00. The second kappa shape index (κ2) is 4.99. The quantitative estimate of drug-likeness (QED) is 0.387. The highest BCUT2D eigenvalue weighted by Crippen LogP contribution is 2.11. The zero-order valence-corrected chi connectivity index (χ0v) is 8.51. The van der Waals surface area contributed by atoms with Crippen LogP contribution in [0.4, 0.5) is 0 Å². The molecule has 0 bridgehead atoms. The van der Waals surface area contributed by atoms with E-state index in [9.17, 15) is 0 Å². The lowest BCUT2D eigenvalue weighted by Crippen LogP contribution is -2.22. The molecule has 0 saturated heterocycles. The van der Waals surface area contributed by atoms with E-state index in [1.165, 1.54) is 0 Å². The van der Waals surface area contributed by atoms with Crippen LogP contribution in [0.2, 0.25) is 0 Å². The van der Waals surface area contributed by atoms with Gasteiger partial charge in [-0.25, -0.2) is 0 Å². The fraction of sp³-hybridized carbons (Fsp3) is 0.200. The van der Waals surface area contributed by atoms with Crippen molar-refractivity contribution in [3.63, 3.8) is 0 Å². The minimum atomic E-state index is -0.0697. The van der Waals surface area contributed by atoms with Crippen molar-refractivity contribution < 1.29 is 5.11 Å². The third-order valence-corrected chi connectivity index (χ3v) is 1.82. The van der Waals surface area contributed by atoms with Crippen LogP contribution in [-0.4, -0.2) is 16.8 Å². The molecule has 0 radical (unpaired) electrons. The van der Waals surface area contributed by atoms with Crippen molar-refractivity contribution in [3.05, 3.63) is 29.8 Å². The summed E-state index contributed by atoms with van der Waals surface area (Å²) < 4.78 is 0. The van der Waals surface area contributed by atoms with E-state index in [1.807, 2.05) is 6.92 Å². The molecule has 0 spiro atoms. The van der Waals surface area contributed by atoms with Crippen LogP contribution in [0.25, 0.3) is 0 Å². The maximum atomic E-state index is 9.12. The normalized spacial score (nSPS) is 11.1. The Balaban J connectivity index is 2.97. The summed E-state index contributed by atoms with van der Waals surface area (Å²) in [5, 5.41) is 16.6. The van der Waals surface area contributed by atoms with Gasteiger partial charge in [-0.15, -0.1) is 5.10 Å². The predicted octanol–water partition coefficient (Wildman–Crippen LogP) is 0.780. The van der Waals surface area contributed by atoms with E-state index in [0.29, 0.717) is 6.42 Å². The molecule has 1 rings (SSSR count). The molecule has 0 atom stereocenters. The first-order valence-electron chi connectivity index (χ1n) is 4.58. The van der Waals surface area contributed by atoms with Crippen molar-refractivity contribution in [3.8, 4) is 5.75 Å².